The highest BCUT2D eigenvalue weighted by molar-refractivity contribution is 5.79. The number of fused-ring (bicyclic) bond motifs is 3. The normalized spacial score (nSPS) is 20.4. The maximum atomic E-state index is 13.8. The van der Waals surface area contributed by atoms with Crippen LogP contribution in [0.3, 0.4) is 0 Å². The molecule has 0 bridgehead atoms. The maximum absolute atomic E-state index is 13.8. The van der Waals surface area contributed by atoms with Crippen molar-refractivity contribution >= 4 is 12.1 Å². The number of rotatable bonds is 3. The van der Waals surface area contributed by atoms with Gasteiger partial charge in [-0.25, -0.2) is 13.6 Å². The van der Waals surface area contributed by atoms with E-state index in [1.807, 2.05) is 48.5 Å². The number of amides is 1. The Morgan fingerprint density at radius 2 is 1.64 bits per heavy atom. The van der Waals surface area contributed by atoms with Crippen molar-refractivity contribution in [2.75, 3.05) is 19.7 Å². The molecule has 146 valence electrons. The van der Waals surface area contributed by atoms with Gasteiger partial charge in [0.2, 0.25) is 0 Å². The third-order valence-corrected chi connectivity index (χ3v) is 5.52. The van der Waals surface area contributed by atoms with E-state index in [0.29, 0.717) is 0 Å². The van der Waals surface area contributed by atoms with Crippen molar-refractivity contribution in [3.63, 3.8) is 0 Å². The van der Waals surface area contributed by atoms with Crippen LogP contribution in [0.15, 0.2) is 48.5 Å². The molecule has 0 unspecified atom stereocenters. The molecule has 1 aliphatic carbocycles. The number of alkyl halides is 2. The van der Waals surface area contributed by atoms with Gasteiger partial charge in [0, 0.05) is 25.4 Å². The van der Waals surface area contributed by atoms with Crippen molar-refractivity contribution in [2.24, 2.45) is 5.92 Å². The third-order valence-electron chi connectivity index (χ3n) is 5.52. The number of carbonyl (C=O) groups is 2. The molecule has 28 heavy (non-hydrogen) atoms. The summed E-state index contributed by atoms with van der Waals surface area (Å²) in [5.74, 6) is -6.99. The quantitative estimate of drug-likeness (QED) is 0.865. The Morgan fingerprint density at radius 1 is 1.07 bits per heavy atom. The number of nitrogens with zero attached hydrogens (tertiary/aromatic N) is 1. The molecular weight excluding hydrogens is 368 g/mol. The number of carbonyl (C=O) groups excluding carboxylic acids is 1. The minimum Gasteiger partial charge on any atom is -0.481 e. The SMILES string of the molecule is O=C(O)[C@@H]1CN(C(=O)OCC2c3ccccc3-c3ccccc32)CCC1(F)F. The smallest absolute Gasteiger partial charge is 0.409 e. The number of halogens is 2. The summed E-state index contributed by atoms with van der Waals surface area (Å²) in [4.78, 5) is 24.6. The summed E-state index contributed by atoms with van der Waals surface area (Å²) in [5.41, 5.74) is 4.26. The number of benzene rings is 2. The second-order valence-electron chi connectivity index (χ2n) is 7.15. The molecule has 1 N–H and O–H groups in total. The van der Waals surface area contributed by atoms with Gasteiger partial charge in [-0.3, -0.25) is 4.79 Å². The Labute approximate surface area is 160 Å². The molecule has 1 fully saturated rings. The summed E-state index contributed by atoms with van der Waals surface area (Å²) in [7, 11) is 0. The van der Waals surface area contributed by atoms with Gasteiger partial charge in [-0.2, -0.15) is 0 Å². The zero-order chi connectivity index (χ0) is 19.9. The summed E-state index contributed by atoms with van der Waals surface area (Å²) < 4.78 is 32.9. The second-order valence-corrected chi connectivity index (χ2v) is 7.15. The van der Waals surface area contributed by atoms with Crippen LogP contribution in [0, 0.1) is 5.92 Å². The van der Waals surface area contributed by atoms with E-state index in [9.17, 15) is 18.4 Å². The number of hydrogen-bond donors (Lipinski definition) is 1. The Morgan fingerprint density at radius 3 is 2.21 bits per heavy atom. The Bertz CT molecular complexity index is 885. The van der Waals surface area contributed by atoms with E-state index in [0.717, 1.165) is 27.2 Å². The molecule has 2 aliphatic rings. The Balaban J connectivity index is 1.48. The molecule has 0 spiro atoms. The van der Waals surface area contributed by atoms with E-state index in [2.05, 4.69) is 0 Å². The first-order chi connectivity index (χ1) is 13.4. The lowest BCUT2D eigenvalue weighted by atomic mass is 9.94. The van der Waals surface area contributed by atoms with Crippen LogP contribution in [0.2, 0.25) is 0 Å². The van der Waals surface area contributed by atoms with E-state index in [1.54, 1.807) is 0 Å². The molecule has 1 saturated heterocycles. The highest BCUT2D eigenvalue weighted by Crippen LogP contribution is 2.44. The number of carboxylic acids is 1. The van der Waals surface area contributed by atoms with Crippen molar-refractivity contribution < 1.29 is 28.2 Å². The van der Waals surface area contributed by atoms with Crippen LogP contribution >= 0.6 is 0 Å². The van der Waals surface area contributed by atoms with Gasteiger partial charge in [-0.05, 0) is 22.3 Å². The van der Waals surface area contributed by atoms with E-state index in [4.69, 9.17) is 9.84 Å². The molecule has 4 rings (SSSR count). The number of hydrogen-bond acceptors (Lipinski definition) is 3. The molecule has 0 saturated carbocycles. The van der Waals surface area contributed by atoms with Crippen molar-refractivity contribution in [3.8, 4) is 11.1 Å². The van der Waals surface area contributed by atoms with E-state index in [-0.39, 0.29) is 19.1 Å². The standard InChI is InChI=1S/C21H19F2NO4/c22-21(23)9-10-24(11-18(21)19(25)26)20(27)28-12-17-15-7-3-1-5-13(15)14-6-2-4-8-16(14)17/h1-8,17-18H,9-12H2,(H,25,26)/t18-/m0/s1. The average molecular weight is 387 g/mol. The van der Waals surface area contributed by atoms with Gasteiger partial charge in [0.25, 0.3) is 5.92 Å². The van der Waals surface area contributed by atoms with Gasteiger partial charge in [-0.1, -0.05) is 48.5 Å². The van der Waals surface area contributed by atoms with Crippen LogP contribution in [0.5, 0.6) is 0 Å². The molecular formula is C21H19F2NO4. The fourth-order valence-corrected chi connectivity index (χ4v) is 4.01. The first-order valence-corrected chi connectivity index (χ1v) is 9.09. The molecule has 0 radical (unpaired) electrons. The van der Waals surface area contributed by atoms with Crippen LogP contribution in [-0.2, 0) is 9.53 Å². The molecule has 1 heterocycles. The molecule has 5 nitrogen and oxygen atoms in total. The van der Waals surface area contributed by atoms with Gasteiger partial charge in [0.1, 0.15) is 12.5 Å². The van der Waals surface area contributed by atoms with Crippen molar-refractivity contribution in [2.45, 2.75) is 18.3 Å². The summed E-state index contributed by atoms with van der Waals surface area (Å²) in [6.07, 6.45) is -1.45. The van der Waals surface area contributed by atoms with Crippen molar-refractivity contribution in [3.05, 3.63) is 59.7 Å². The van der Waals surface area contributed by atoms with E-state index < -0.39 is 36.9 Å². The lowest BCUT2D eigenvalue weighted by Crippen LogP contribution is -2.52. The van der Waals surface area contributed by atoms with Gasteiger partial charge < -0.3 is 14.7 Å². The van der Waals surface area contributed by atoms with E-state index in [1.165, 1.54) is 0 Å². The molecule has 1 aliphatic heterocycles. The predicted molar refractivity (Wildman–Crippen MR) is 97.3 cm³/mol. The maximum Gasteiger partial charge on any atom is 0.409 e. The van der Waals surface area contributed by atoms with Gasteiger partial charge in [0.05, 0.1) is 0 Å². The highest BCUT2D eigenvalue weighted by atomic mass is 19.3. The molecule has 7 heteroatoms. The van der Waals surface area contributed by atoms with Gasteiger partial charge in [0.15, 0.2) is 0 Å². The predicted octanol–water partition coefficient (Wildman–Crippen LogP) is 3.98. The Hall–Kier alpha value is -2.96. The molecule has 1 atom stereocenters. The van der Waals surface area contributed by atoms with Crippen LogP contribution in [0.1, 0.15) is 23.5 Å². The third kappa shape index (κ3) is 3.10. The topological polar surface area (TPSA) is 66.8 Å². The highest BCUT2D eigenvalue weighted by Gasteiger charge is 2.49. The zero-order valence-corrected chi connectivity index (χ0v) is 15.0. The lowest BCUT2D eigenvalue weighted by molar-refractivity contribution is -0.165. The minimum atomic E-state index is -3.33. The van der Waals surface area contributed by atoms with Crippen molar-refractivity contribution in [1.29, 1.82) is 0 Å². The number of aliphatic carboxylic acids is 1. The Kier molecular flexibility index (Phi) is 4.53. The first-order valence-electron chi connectivity index (χ1n) is 9.09. The monoisotopic (exact) mass is 387 g/mol. The zero-order valence-electron chi connectivity index (χ0n) is 15.0. The number of piperidine rings is 1. The number of carboxylic acid groups (broad SMARTS) is 1. The van der Waals surface area contributed by atoms with Gasteiger partial charge >= 0.3 is 12.1 Å². The molecule has 2 aromatic rings. The fourth-order valence-electron chi connectivity index (χ4n) is 4.01. The van der Waals surface area contributed by atoms with Crippen molar-refractivity contribution in [1.82, 2.24) is 4.90 Å². The average Bonchev–Trinajstić information content (AvgIpc) is 2.99. The van der Waals surface area contributed by atoms with Crippen LogP contribution < -0.4 is 0 Å². The largest absolute Gasteiger partial charge is 0.481 e. The summed E-state index contributed by atoms with van der Waals surface area (Å²) in [6, 6.07) is 15.7. The minimum absolute atomic E-state index is 0.0670. The summed E-state index contributed by atoms with van der Waals surface area (Å²) >= 11 is 0. The number of ether oxygens (including phenoxy) is 1. The molecule has 0 aromatic heterocycles. The van der Waals surface area contributed by atoms with E-state index >= 15 is 0 Å². The second kappa shape index (κ2) is 6.89. The number of likely N-dealkylation sites (tertiary alicyclic amines) is 1. The van der Waals surface area contributed by atoms with Crippen LogP contribution in [0.4, 0.5) is 13.6 Å². The summed E-state index contributed by atoms with van der Waals surface area (Å²) in [5, 5.41) is 9.04. The lowest BCUT2D eigenvalue weighted by Gasteiger charge is -2.35. The van der Waals surface area contributed by atoms with Gasteiger partial charge in [-0.15, -0.1) is 0 Å². The molecule has 2 aromatic carbocycles. The fraction of sp³-hybridized carbons (Fsp3) is 0.333. The first kappa shape index (κ1) is 18.4. The summed E-state index contributed by atoms with van der Waals surface area (Å²) in [6.45, 7) is -0.718. The van der Waals surface area contributed by atoms with Crippen LogP contribution in [-0.4, -0.2) is 47.7 Å². The molecule has 1 amide bonds. The van der Waals surface area contributed by atoms with Crippen LogP contribution in [0.25, 0.3) is 11.1 Å².